The molecule has 1 aromatic rings. The van der Waals surface area contributed by atoms with Gasteiger partial charge in [0, 0.05) is 5.56 Å². The van der Waals surface area contributed by atoms with Gasteiger partial charge in [-0.25, -0.2) is 8.78 Å². The van der Waals surface area contributed by atoms with Crippen LogP contribution in [0.1, 0.15) is 37.3 Å². The van der Waals surface area contributed by atoms with Crippen LogP contribution in [-0.2, 0) is 5.41 Å². The number of alkyl halides is 2. The Morgan fingerprint density at radius 1 is 1.12 bits per heavy atom. The molecular weight excluding hydrogens is 208 g/mol. The number of nitrogens with one attached hydrogen (secondary N) is 1. The molecule has 0 bridgehead atoms. The van der Waals surface area contributed by atoms with E-state index in [2.05, 4.69) is 12.2 Å². The normalized spacial score (nSPS) is 20.0. The van der Waals surface area contributed by atoms with Crippen LogP contribution in [0, 0.1) is 0 Å². The number of hydrogen-bond acceptors (Lipinski definition) is 1. The summed E-state index contributed by atoms with van der Waals surface area (Å²) in [4.78, 5) is 0. The number of halogens is 2. The predicted octanol–water partition coefficient (Wildman–Crippen LogP) is 3.27. The summed E-state index contributed by atoms with van der Waals surface area (Å²) in [5.74, 6) is 0. The molecule has 1 aliphatic rings. The van der Waals surface area contributed by atoms with Gasteiger partial charge in [0.25, 0.3) is 6.43 Å². The summed E-state index contributed by atoms with van der Waals surface area (Å²) in [7, 11) is 0. The average Bonchev–Trinajstić information content (AvgIpc) is 2.30. The van der Waals surface area contributed by atoms with Gasteiger partial charge in [-0.15, -0.1) is 0 Å². The van der Waals surface area contributed by atoms with Gasteiger partial charge >= 0.3 is 0 Å². The minimum absolute atomic E-state index is 0.112. The number of benzene rings is 1. The topological polar surface area (TPSA) is 12.0 Å². The summed E-state index contributed by atoms with van der Waals surface area (Å²) in [6.45, 7) is 4.23. The molecule has 0 spiro atoms. The van der Waals surface area contributed by atoms with E-state index in [9.17, 15) is 8.78 Å². The summed E-state index contributed by atoms with van der Waals surface area (Å²) in [6, 6.07) is 6.81. The molecule has 1 aromatic carbocycles. The molecule has 1 saturated heterocycles. The number of piperidine rings is 1. The fourth-order valence-corrected chi connectivity index (χ4v) is 2.30. The van der Waals surface area contributed by atoms with E-state index in [-0.39, 0.29) is 11.0 Å². The lowest BCUT2D eigenvalue weighted by Crippen LogP contribution is -2.37. The van der Waals surface area contributed by atoms with Crippen LogP contribution in [0.5, 0.6) is 0 Å². The number of hydrogen-bond donors (Lipinski definition) is 1. The summed E-state index contributed by atoms with van der Waals surface area (Å²) >= 11 is 0. The van der Waals surface area contributed by atoms with Gasteiger partial charge in [0.05, 0.1) is 0 Å². The molecule has 0 atom stereocenters. The third kappa shape index (κ3) is 2.24. The zero-order valence-electron chi connectivity index (χ0n) is 9.47. The molecule has 3 heteroatoms. The summed E-state index contributed by atoms with van der Waals surface area (Å²) in [6.07, 6.45) is -0.225. The van der Waals surface area contributed by atoms with Crippen molar-refractivity contribution >= 4 is 0 Å². The Bertz CT molecular complexity index is 339. The third-order valence-corrected chi connectivity index (χ3v) is 3.57. The van der Waals surface area contributed by atoms with E-state index in [1.54, 1.807) is 12.1 Å². The molecular formula is C13H17F2N. The van der Waals surface area contributed by atoms with E-state index in [0.29, 0.717) is 0 Å². The van der Waals surface area contributed by atoms with Crippen molar-refractivity contribution in [3.63, 3.8) is 0 Å². The van der Waals surface area contributed by atoms with Crippen LogP contribution in [0.2, 0.25) is 0 Å². The zero-order valence-corrected chi connectivity index (χ0v) is 9.47. The second-order valence-electron chi connectivity index (χ2n) is 4.73. The fourth-order valence-electron chi connectivity index (χ4n) is 2.30. The zero-order chi connectivity index (χ0) is 11.6. The van der Waals surface area contributed by atoms with Gasteiger partial charge in [-0.1, -0.05) is 31.2 Å². The molecule has 16 heavy (non-hydrogen) atoms. The standard InChI is InChI=1S/C13H17F2N/c1-13(6-8-16-9-7-13)11-4-2-10(3-5-11)12(14)15/h2-5,12,16H,6-9H2,1H3. The van der Waals surface area contributed by atoms with Crippen LogP contribution in [-0.4, -0.2) is 13.1 Å². The van der Waals surface area contributed by atoms with E-state index < -0.39 is 6.43 Å². The second-order valence-corrected chi connectivity index (χ2v) is 4.73. The lowest BCUT2D eigenvalue weighted by atomic mass is 9.75. The molecule has 1 nitrogen and oxygen atoms in total. The SMILES string of the molecule is CC1(c2ccc(C(F)F)cc2)CCNCC1. The smallest absolute Gasteiger partial charge is 0.263 e. The van der Waals surface area contributed by atoms with Gasteiger partial charge < -0.3 is 5.32 Å². The average molecular weight is 225 g/mol. The van der Waals surface area contributed by atoms with Crippen LogP contribution in [0.4, 0.5) is 8.78 Å². The van der Waals surface area contributed by atoms with Crippen molar-refractivity contribution in [3.05, 3.63) is 35.4 Å². The van der Waals surface area contributed by atoms with E-state index in [1.807, 2.05) is 12.1 Å². The first kappa shape index (κ1) is 11.5. The van der Waals surface area contributed by atoms with Crippen molar-refractivity contribution < 1.29 is 8.78 Å². The number of rotatable bonds is 2. The van der Waals surface area contributed by atoms with Gasteiger partial charge in [-0.2, -0.15) is 0 Å². The van der Waals surface area contributed by atoms with Crippen LogP contribution in [0.15, 0.2) is 24.3 Å². The molecule has 0 radical (unpaired) electrons. The third-order valence-electron chi connectivity index (χ3n) is 3.57. The van der Waals surface area contributed by atoms with Gasteiger partial charge in [0.2, 0.25) is 0 Å². The quantitative estimate of drug-likeness (QED) is 0.814. The lowest BCUT2D eigenvalue weighted by Gasteiger charge is -2.34. The van der Waals surface area contributed by atoms with Crippen molar-refractivity contribution in [2.75, 3.05) is 13.1 Å². The molecule has 88 valence electrons. The van der Waals surface area contributed by atoms with E-state index in [0.717, 1.165) is 25.9 Å². The minimum atomic E-state index is -2.37. The van der Waals surface area contributed by atoms with Crippen molar-refractivity contribution in [3.8, 4) is 0 Å². The van der Waals surface area contributed by atoms with E-state index >= 15 is 0 Å². The lowest BCUT2D eigenvalue weighted by molar-refractivity contribution is 0.151. The molecule has 0 aliphatic carbocycles. The highest BCUT2D eigenvalue weighted by atomic mass is 19.3. The molecule has 1 fully saturated rings. The first-order valence-corrected chi connectivity index (χ1v) is 5.71. The molecule has 2 rings (SSSR count). The fraction of sp³-hybridized carbons (Fsp3) is 0.538. The van der Waals surface area contributed by atoms with Crippen LogP contribution < -0.4 is 5.32 Å². The first-order valence-electron chi connectivity index (χ1n) is 5.71. The predicted molar refractivity (Wildman–Crippen MR) is 60.9 cm³/mol. The molecule has 0 amide bonds. The largest absolute Gasteiger partial charge is 0.317 e. The highest BCUT2D eigenvalue weighted by Gasteiger charge is 2.28. The summed E-state index contributed by atoms with van der Waals surface area (Å²) in [5.41, 5.74) is 1.44. The van der Waals surface area contributed by atoms with Crippen LogP contribution in [0.3, 0.4) is 0 Å². The van der Waals surface area contributed by atoms with E-state index in [4.69, 9.17) is 0 Å². The summed E-state index contributed by atoms with van der Waals surface area (Å²) in [5, 5.41) is 3.32. The minimum Gasteiger partial charge on any atom is -0.317 e. The Hall–Kier alpha value is -0.960. The molecule has 1 heterocycles. The Morgan fingerprint density at radius 2 is 1.69 bits per heavy atom. The molecule has 0 saturated carbocycles. The highest BCUT2D eigenvalue weighted by molar-refractivity contribution is 5.29. The van der Waals surface area contributed by atoms with Crippen LogP contribution in [0.25, 0.3) is 0 Å². The van der Waals surface area contributed by atoms with Gasteiger partial charge in [-0.05, 0) is 36.9 Å². The molecule has 1 aliphatic heterocycles. The monoisotopic (exact) mass is 225 g/mol. The Morgan fingerprint density at radius 3 is 2.19 bits per heavy atom. The maximum Gasteiger partial charge on any atom is 0.263 e. The maximum atomic E-state index is 12.4. The first-order chi connectivity index (χ1) is 7.62. The van der Waals surface area contributed by atoms with E-state index in [1.165, 1.54) is 5.56 Å². The van der Waals surface area contributed by atoms with Gasteiger partial charge in [0.15, 0.2) is 0 Å². The Kier molecular flexibility index (Phi) is 3.24. The second kappa shape index (κ2) is 4.50. The maximum absolute atomic E-state index is 12.4. The molecule has 0 unspecified atom stereocenters. The molecule has 0 aromatic heterocycles. The van der Waals surface area contributed by atoms with Crippen LogP contribution >= 0.6 is 0 Å². The van der Waals surface area contributed by atoms with Crippen molar-refractivity contribution in [1.82, 2.24) is 5.32 Å². The van der Waals surface area contributed by atoms with Crippen molar-refractivity contribution in [2.45, 2.75) is 31.6 Å². The Balaban J connectivity index is 2.20. The van der Waals surface area contributed by atoms with Crippen molar-refractivity contribution in [1.29, 1.82) is 0 Å². The highest BCUT2D eigenvalue weighted by Crippen LogP contribution is 2.33. The van der Waals surface area contributed by atoms with Gasteiger partial charge in [-0.3, -0.25) is 0 Å². The Labute approximate surface area is 94.9 Å². The van der Waals surface area contributed by atoms with Gasteiger partial charge in [0.1, 0.15) is 0 Å². The summed E-state index contributed by atoms with van der Waals surface area (Å²) < 4.78 is 24.9. The molecule has 1 N–H and O–H groups in total. The van der Waals surface area contributed by atoms with Crippen molar-refractivity contribution in [2.24, 2.45) is 0 Å².